The Bertz CT molecular complexity index is 553. The Kier molecular flexibility index (Phi) is 2.54. The van der Waals surface area contributed by atoms with E-state index in [0.717, 1.165) is 17.3 Å². The van der Waals surface area contributed by atoms with Gasteiger partial charge in [0.05, 0.1) is 0 Å². The molecule has 0 bridgehead atoms. The molecule has 1 atom stereocenters. The molecule has 3 heteroatoms. The Morgan fingerprint density at radius 2 is 1.94 bits per heavy atom. The van der Waals surface area contributed by atoms with Crippen LogP contribution in [0, 0.1) is 0 Å². The summed E-state index contributed by atoms with van der Waals surface area (Å²) in [6.45, 7) is 0.845. The average Bonchev–Trinajstić information content (AvgIpc) is 2.68. The molecule has 0 saturated heterocycles. The molecule has 17 heavy (non-hydrogen) atoms. The van der Waals surface area contributed by atoms with Gasteiger partial charge in [0.1, 0.15) is 6.17 Å². The minimum Gasteiger partial charge on any atom is -0.348 e. The molecule has 3 rings (SSSR count). The van der Waals surface area contributed by atoms with Gasteiger partial charge >= 0.3 is 0 Å². The monoisotopic (exact) mass is 244 g/mol. The number of rotatable bonds is 1. The van der Waals surface area contributed by atoms with Crippen LogP contribution in [-0.2, 0) is 6.54 Å². The molecular weight excluding hydrogens is 232 g/mol. The minimum absolute atomic E-state index is 0.0790. The van der Waals surface area contributed by atoms with Gasteiger partial charge in [-0.15, -0.1) is 0 Å². The Morgan fingerprint density at radius 3 is 2.71 bits per heavy atom. The van der Waals surface area contributed by atoms with Crippen molar-refractivity contribution in [1.82, 2.24) is 0 Å². The van der Waals surface area contributed by atoms with Gasteiger partial charge in [-0.2, -0.15) is 0 Å². The number of nitrogens with zero attached hydrogens (tertiary/aromatic N) is 1. The van der Waals surface area contributed by atoms with Crippen LogP contribution >= 0.6 is 11.6 Å². The van der Waals surface area contributed by atoms with Crippen molar-refractivity contribution in [2.24, 2.45) is 5.73 Å². The fraction of sp³-hybridized carbons (Fsp3) is 0.143. The summed E-state index contributed by atoms with van der Waals surface area (Å²) in [5.41, 5.74) is 9.82. The first-order chi connectivity index (χ1) is 8.25. The lowest BCUT2D eigenvalue weighted by atomic mass is 10.1. The number of hydrogen-bond donors (Lipinski definition) is 1. The SMILES string of the molecule is NC1c2ccccc2CN1c1cccc(Cl)c1. The average molecular weight is 245 g/mol. The van der Waals surface area contributed by atoms with E-state index in [4.69, 9.17) is 17.3 Å². The summed E-state index contributed by atoms with van der Waals surface area (Å²) in [7, 11) is 0. The maximum absolute atomic E-state index is 6.26. The molecule has 0 fully saturated rings. The lowest BCUT2D eigenvalue weighted by molar-refractivity contribution is 0.701. The quantitative estimate of drug-likeness (QED) is 0.834. The maximum Gasteiger partial charge on any atom is 0.104 e. The molecule has 0 radical (unpaired) electrons. The lowest BCUT2D eigenvalue weighted by Gasteiger charge is -2.24. The Balaban J connectivity index is 1.99. The highest BCUT2D eigenvalue weighted by Gasteiger charge is 2.26. The normalized spacial score (nSPS) is 18.2. The van der Waals surface area contributed by atoms with Crippen molar-refractivity contribution in [3.63, 3.8) is 0 Å². The van der Waals surface area contributed by atoms with E-state index in [9.17, 15) is 0 Å². The molecule has 1 heterocycles. The largest absolute Gasteiger partial charge is 0.348 e. The second-order valence-electron chi connectivity index (χ2n) is 4.25. The zero-order valence-corrected chi connectivity index (χ0v) is 10.1. The molecular formula is C14H13ClN2. The Labute approximate surface area is 106 Å². The smallest absolute Gasteiger partial charge is 0.104 e. The zero-order valence-electron chi connectivity index (χ0n) is 9.31. The summed E-state index contributed by atoms with van der Waals surface area (Å²) in [6.07, 6.45) is -0.0790. The first-order valence-electron chi connectivity index (χ1n) is 5.61. The molecule has 0 saturated carbocycles. The van der Waals surface area contributed by atoms with Crippen molar-refractivity contribution in [3.05, 3.63) is 64.7 Å². The molecule has 86 valence electrons. The first kappa shape index (κ1) is 10.6. The van der Waals surface area contributed by atoms with E-state index in [0.29, 0.717) is 0 Å². The maximum atomic E-state index is 6.26. The van der Waals surface area contributed by atoms with E-state index in [1.165, 1.54) is 11.1 Å². The van der Waals surface area contributed by atoms with Crippen LogP contribution in [0.2, 0.25) is 5.02 Å². The van der Waals surface area contributed by atoms with Crippen LogP contribution in [-0.4, -0.2) is 0 Å². The van der Waals surface area contributed by atoms with Gasteiger partial charge in [-0.3, -0.25) is 0 Å². The minimum atomic E-state index is -0.0790. The molecule has 2 nitrogen and oxygen atoms in total. The molecule has 2 aromatic rings. The fourth-order valence-corrected chi connectivity index (χ4v) is 2.51. The standard InChI is InChI=1S/C14H13ClN2/c15-11-5-3-6-12(8-11)17-9-10-4-1-2-7-13(10)14(17)16/h1-8,14H,9,16H2. The van der Waals surface area contributed by atoms with Crippen LogP contribution in [0.25, 0.3) is 0 Å². The lowest BCUT2D eigenvalue weighted by Crippen LogP contribution is -2.27. The van der Waals surface area contributed by atoms with E-state index in [2.05, 4.69) is 17.0 Å². The number of hydrogen-bond acceptors (Lipinski definition) is 2. The van der Waals surface area contributed by atoms with Gasteiger partial charge in [0.25, 0.3) is 0 Å². The molecule has 1 unspecified atom stereocenters. The van der Waals surface area contributed by atoms with Crippen LogP contribution in [0.15, 0.2) is 48.5 Å². The van der Waals surface area contributed by atoms with Gasteiger partial charge in [0, 0.05) is 17.3 Å². The zero-order chi connectivity index (χ0) is 11.8. The van der Waals surface area contributed by atoms with Crippen molar-refractivity contribution in [1.29, 1.82) is 0 Å². The highest BCUT2D eigenvalue weighted by Crippen LogP contribution is 2.34. The van der Waals surface area contributed by atoms with Gasteiger partial charge in [0.2, 0.25) is 0 Å². The third kappa shape index (κ3) is 1.79. The first-order valence-corrected chi connectivity index (χ1v) is 5.99. The highest BCUT2D eigenvalue weighted by molar-refractivity contribution is 6.30. The molecule has 0 aromatic heterocycles. The number of anilines is 1. The third-order valence-electron chi connectivity index (χ3n) is 3.19. The summed E-state index contributed by atoms with van der Waals surface area (Å²) < 4.78 is 0. The summed E-state index contributed by atoms with van der Waals surface area (Å²) in [6, 6.07) is 16.1. The number of fused-ring (bicyclic) bond motifs is 1. The third-order valence-corrected chi connectivity index (χ3v) is 3.43. The second kappa shape index (κ2) is 4.06. The number of benzene rings is 2. The van der Waals surface area contributed by atoms with Crippen LogP contribution in [0.1, 0.15) is 17.3 Å². The van der Waals surface area contributed by atoms with Crippen molar-refractivity contribution in [2.45, 2.75) is 12.7 Å². The highest BCUT2D eigenvalue weighted by atomic mass is 35.5. The van der Waals surface area contributed by atoms with E-state index in [1.54, 1.807) is 0 Å². The topological polar surface area (TPSA) is 29.3 Å². The molecule has 2 aromatic carbocycles. The van der Waals surface area contributed by atoms with Crippen molar-refractivity contribution < 1.29 is 0 Å². The van der Waals surface area contributed by atoms with Crippen molar-refractivity contribution in [3.8, 4) is 0 Å². The fourth-order valence-electron chi connectivity index (χ4n) is 2.32. The molecule has 0 spiro atoms. The Hall–Kier alpha value is -1.51. The van der Waals surface area contributed by atoms with Gasteiger partial charge in [-0.1, -0.05) is 41.9 Å². The van der Waals surface area contributed by atoms with E-state index >= 15 is 0 Å². The van der Waals surface area contributed by atoms with Crippen LogP contribution < -0.4 is 10.6 Å². The van der Waals surface area contributed by atoms with Crippen LogP contribution in [0.3, 0.4) is 0 Å². The summed E-state index contributed by atoms with van der Waals surface area (Å²) >= 11 is 6.01. The predicted octanol–water partition coefficient (Wildman–Crippen LogP) is 3.32. The van der Waals surface area contributed by atoms with Crippen molar-refractivity contribution >= 4 is 17.3 Å². The summed E-state index contributed by atoms with van der Waals surface area (Å²) in [5, 5.41) is 0.741. The van der Waals surface area contributed by atoms with Gasteiger partial charge in [-0.25, -0.2) is 0 Å². The van der Waals surface area contributed by atoms with Gasteiger partial charge in [0.15, 0.2) is 0 Å². The van der Waals surface area contributed by atoms with Crippen LogP contribution in [0.5, 0.6) is 0 Å². The molecule has 1 aliphatic rings. The second-order valence-corrected chi connectivity index (χ2v) is 4.69. The Morgan fingerprint density at radius 1 is 1.12 bits per heavy atom. The van der Waals surface area contributed by atoms with E-state index in [-0.39, 0.29) is 6.17 Å². The van der Waals surface area contributed by atoms with Crippen molar-refractivity contribution in [2.75, 3.05) is 4.90 Å². The summed E-state index contributed by atoms with van der Waals surface area (Å²) in [4.78, 5) is 2.16. The number of halogens is 1. The summed E-state index contributed by atoms with van der Waals surface area (Å²) in [5.74, 6) is 0. The van der Waals surface area contributed by atoms with Crippen LogP contribution in [0.4, 0.5) is 5.69 Å². The molecule has 2 N–H and O–H groups in total. The molecule has 0 amide bonds. The van der Waals surface area contributed by atoms with E-state index < -0.39 is 0 Å². The predicted molar refractivity (Wildman–Crippen MR) is 71.0 cm³/mol. The molecule has 1 aliphatic heterocycles. The molecule has 0 aliphatic carbocycles. The van der Waals surface area contributed by atoms with E-state index in [1.807, 2.05) is 36.4 Å². The van der Waals surface area contributed by atoms with Gasteiger partial charge in [-0.05, 0) is 29.3 Å². The van der Waals surface area contributed by atoms with Gasteiger partial charge < -0.3 is 10.6 Å². The number of nitrogens with two attached hydrogens (primary N) is 1.